The molecule has 0 saturated heterocycles. The summed E-state index contributed by atoms with van der Waals surface area (Å²) in [6.07, 6.45) is 1.94. The third-order valence-corrected chi connectivity index (χ3v) is 4.48. The third-order valence-electron chi connectivity index (χ3n) is 3.57. The van der Waals surface area contributed by atoms with E-state index in [9.17, 15) is 13.2 Å². The number of nitrogens with zero attached hydrogens (tertiary/aromatic N) is 1. The Balaban J connectivity index is 2.40. The molecule has 1 amide bonds. The van der Waals surface area contributed by atoms with Crippen LogP contribution in [-0.4, -0.2) is 72.2 Å². The van der Waals surface area contributed by atoms with Gasteiger partial charge in [-0.25, -0.2) is 8.42 Å². The molecule has 1 aromatic rings. The zero-order valence-electron chi connectivity index (χ0n) is 16.2. The van der Waals surface area contributed by atoms with Crippen LogP contribution >= 0.6 is 0 Å². The van der Waals surface area contributed by atoms with E-state index in [1.165, 1.54) is 6.26 Å². The number of amides is 1. The zero-order chi connectivity index (χ0) is 20.1. The van der Waals surface area contributed by atoms with Crippen molar-refractivity contribution in [3.63, 3.8) is 0 Å². The maximum atomic E-state index is 11.7. The van der Waals surface area contributed by atoms with E-state index < -0.39 is 9.84 Å². The number of sulfone groups is 1. The highest BCUT2D eigenvalue weighted by atomic mass is 32.2. The Morgan fingerprint density at radius 2 is 2.00 bits per heavy atom. The van der Waals surface area contributed by atoms with Crippen LogP contribution in [0.2, 0.25) is 0 Å². The first kappa shape index (κ1) is 22.9. The minimum absolute atomic E-state index is 0.0180. The lowest BCUT2D eigenvalue weighted by molar-refractivity contribution is 0.0963. The molecular weight excluding hydrogens is 368 g/mol. The van der Waals surface area contributed by atoms with Crippen LogP contribution in [0.4, 0.5) is 0 Å². The van der Waals surface area contributed by atoms with Crippen LogP contribution in [0.3, 0.4) is 0 Å². The lowest BCUT2D eigenvalue weighted by atomic mass is 10.1. The van der Waals surface area contributed by atoms with Gasteiger partial charge in [-0.3, -0.25) is 9.79 Å². The molecule has 0 spiro atoms. The van der Waals surface area contributed by atoms with E-state index in [0.717, 1.165) is 18.5 Å². The summed E-state index contributed by atoms with van der Waals surface area (Å²) in [4.78, 5) is 16.1. The lowest BCUT2D eigenvalue weighted by Crippen LogP contribution is -2.38. The van der Waals surface area contributed by atoms with Crippen LogP contribution in [-0.2, 0) is 21.0 Å². The maximum absolute atomic E-state index is 11.7. The molecular formula is C18H30N4O4S. The van der Waals surface area contributed by atoms with Crippen molar-refractivity contribution < 1.29 is 17.9 Å². The number of ether oxygens (including phenoxy) is 1. The van der Waals surface area contributed by atoms with E-state index in [0.29, 0.717) is 31.2 Å². The van der Waals surface area contributed by atoms with Crippen molar-refractivity contribution in [3.05, 3.63) is 35.4 Å². The molecule has 0 aliphatic rings. The van der Waals surface area contributed by atoms with Gasteiger partial charge in [0.2, 0.25) is 0 Å². The predicted octanol–water partition coefficient (Wildman–Crippen LogP) is 0.205. The molecule has 0 radical (unpaired) electrons. The van der Waals surface area contributed by atoms with Crippen molar-refractivity contribution in [2.45, 2.75) is 13.3 Å². The van der Waals surface area contributed by atoms with Gasteiger partial charge >= 0.3 is 0 Å². The Morgan fingerprint density at radius 3 is 2.67 bits per heavy atom. The Kier molecular flexibility index (Phi) is 10.4. The summed E-state index contributed by atoms with van der Waals surface area (Å²) in [5.74, 6) is 0.590. The quantitative estimate of drug-likeness (QED) is 0.279. The SMILES string of the molecule is CCNC(=NCCOCCS(C)(=O)=O)NCCc1cccc(C(=O)NC)c1. The van der Waals surface area contributed by atoms with Gasteiger partial charge in [-0.05, 0) is 31.0 Å². The number of aliphatic imine (C=N–C) groups is 1. The smallest absolute Gasteiger partial charge is 0.251 e. The van der Waals surface area contributed by atoms with E-state index in [-0.39, 0.29) is 18.3 Å². The van der Waals surface area contributed by atoms with Crippen molar-refractivity contribution in [2.24, 2.45) is 4.99 Å². The van der Waals surface area contributed by atoms with Crippen molar-refractivity contribution in [3.8, 4) is 0 Å². The number of benzene rings is 1. The van der Waals surface area contributed by atoms with Crippen molar-refractivity contribution in [1.29, 1.82) is 0 Å². The van der Waals surface area contributed by atoms with Crippen molar-refractivity contribution >= 4 is 21.7 Å². The van der Waals surface area contributed by atoms with Gasteiger partial charge in [0, 0.05) is 32.0 Å². The van der Waals surface area contributed by atoms with Gasteiger partial charge < -0.3 is 20.7 Å². The van der Waals surface area contributed by atoms with E-state index in [4.69, 9.17) is 4.74 Å². The first-order valence-electron chi connectivity index (χ1n) is 8.94. The van der Waals surface area contributed by atoms with Crippen LogP contribution in [0.25, 0.3) is 0 Å². The molecule has 1 rings (SSSR count). The fraction of sp³-hybridized carbons (Fsp3) is 0.556. The van der Waals surface area contributed by atoms with Gasteiger partial charge in [-0.1, -0.05) is 12.1 Å². The fourth-order valence-electron chi connectivity index (χ4n) is 2.21. The number of guanidine groups is 1. The summed E-state index contributed by atoms with van der Waals surface area (Å²) in [7, 11) is -1.38. The van der Waals surface area contributed by atoms with Gasteiger partial charge in [0.15, 0.2) is 5.96 Å². The number of rotatable bonds is 11. The molecule has 27 heavy (non-hydrogen) atoms. The van der Waals surface area contributed by atoms with Crippen molar-refractivity contribution in [1.82, 2.24) is 16.0 Å². The van der Waals surface area contributed by atoms with E-state index in [1.54, 1.807) is 13.1 Å². The summed E-state index contributed by atoms with van der Waals surface area (Å²) >= 11 is 0. The highest BCUT2D eigenvalue weighted by Crippen LogP contribution is 2.05. The molecule has 0 aromatic heterocycles. The zero-order valence-corrected chi connectivity index (χ0v) is 17.1. The van der Waals surface area contributed by atoms with Gasteiger partial charge in [-0.2, -0.15) is 0 Å². The Hall–Kier alpha value is -2.13. The minimum Gasteiger partial charge on any atom is -0.378 e. The standard InChI is InChI=1S/C18H30N4O4S/c1-4-20-18(22-10-11-26-12-13-27(3,24)25)21-9-8-15-6-5-7-16(14-15)17(23)19-2/h5-7,14H,4,8-13H2,1-3H3,(H,19,23)(H2,20,21,22). The maximum Gasteiger partial charge on any atom is 0.251 e. The number of nitrogens with one attached hydrogen (secondary N) is 3. The number of carbonyl (C=O) groups excluding carboxylic acids is 1. The van der Waals surface area contributed by atoms with E-state index in [2.05, 4.69) is 20.9 Å². The van der Waals surface area contributed by atoms with Crippen molar-refractivity contribution in [2.75, 3.05) is 51.9 Å². The van der Waals surface area contributed by atoms with E-state index in [1.807, 2.05) is 25.1 Å². The summed E-state index contributed by atoms with van der Waals surface area (Å²) in [6.45, 7) is 4.35. The average molecular weight is 399 g/mol. The minimum atomic E-state index is -3.00. The molecule has 0 aliphatic heterocycles. The molecule has 1 aromatic carbocycles. The van der Waals surface area contributed by atoms with Gasteiger partial charge in [-0.15, -0.1) is 0 Å². The van der Waals surface area contributed by atoms with Crippen LogP contribution in [0.15, 0.2) is 29.3 Å². The number of carbonyl (C=O) groups is 1. The normalized spacial score (nSPS) is 11.9. The Morgan fingerprint density at radius 1 is 1.22 bits per heavy atom. The molecule has 9 heteroatoms. The molecule has 8 nitrogen and oxygen atoms in total. The highest BCUT2D eigenvalue weighted by molar-refractivity contribution is 7.90. The van der Waals surface area contributed by atoms with Gasteiger partial charge in [0.25, 0.3) is 5.91 Å². The molecule has 0 atom stereocenters. The Labute approximate surface area is 161 Å². The molecule has 0 fully saturated rings. The van der Waals surface area contributed by atoms with E-state index >= 15 is 0 Å². The van der Waals surface area contributed by atoms with Crippen LogP contribution < -0.4 is 16.0 Å². The van der Waals surface area contributed by atoms with Crippen LogP contribution in [0, 0.1) is 0 Å². The van der Waals surface area contributed by atoms with Gasteiger partial charge in [0.05, 0.1) is 25.5 Å². The second-order valence-corrected chi connectivity index (χ2v) is 8.22. The lowest BCUT2D eigenvalue weighted by Gasteiger charge is -2.12. The molecule has 0 saturated carbocycles. The second-order valence-electron chi connectivity index (χ2n) is 5.96. The van der Waals surface area contributed by atoms with Crippen LogP contribution in [0.5, 0.6) is 0 Å². The third kappa shape index (κ3) is 10.6. The second kappa shape index (κ2) is 12.3. The average Bonchev–Trinajstić information content (AvgIpc) is 2.63. The first-order chi connectivity index (χ1) is 12.9. The molecule has 0 bridgehead atoms. The van der Waals surface area contributed by atoms with Gasteiger partial charge in [0.1, 0.15) is 9.84 Å². The summed E-state index contributed by atoms with van der Waals surface area (Å²) in [5, 5.41) is 9.00. The molecule has 152 valence electrons. The predicted molar refractivity (Wildman–Crippen MR) is 108 cm³/mol. The molecule has 0 unspecified atom stereocenters. The van der Waals surface area contributed by atoms with Crippen LogP contribution in [0.1, 0.15) is 22.8 Å². The highest BCUT2D eigenvalue weighted by Gasteiger charge is 2.04. The first-order valence-corrected chi connectivity index (χ1v) is 11.0. The monoisotopic (exact) mass is 398 g/mol. The summed E-state index contributed by atoms with van der Waals surface area (Å²) < 4.78 is 27.3. The molecule has 3 N–H and O–H groups in total. The summed E-state index contributed by atoms with van der Waals surface area (Å²) in [5.41, 5.74) is 1.70. The topological polar surface area (TPSA) is 109 Å². The number of hydrogen-bond acceptors (Lipinski definition) is 5. The summed E-state index contributed by atoms with van der Waals surface area (Å²) in [6, 6.07) is 7.51. The molecule has 0 heterocycles. The fourth-order valence-corrected chi connectivity index (χ4v) is 2.63. The number of hydrogen-bond donors (Lipinski definition) is 3. The largest absolute Gasteiger partial charge is 0.378 e. The Bertz CT molecular complexity index is 720. The molecule has 0 aliphatic carbocycles.